The molecular weight excluding hydrogens is 428 g/mol. The number of aromatic nitrogens is 2. The summed E-state index contributed by atoms with van der Waals surface area (Å²) in [4.78, 5) is 39.2. The Balaban J connectivity index is 1.63. The van der Waals surface area contributed by atoms with Crippen LogP contribution in [0.5, 0.6) is 11.6 Å². The third-order valence-corrected chi connectivity index (χ3v) is 4.09. The Morgan fingerprint density at radius 3 is 2.71 bits per heavy atom. The second-order valence-corrected chi connectivity index (χ2v) is 6.66. The molecule has 0 fully saturated rings. The van der Waals surface area contributed by atoms with Crippen LogP contribution in [-0.4, -0.2) is 21.4 Å². The molecule has 8 nitrogen and oxygen atoms in total. The van der Waals surface area contributed by atoms with Crippen molar-refractivity contribution in [2.24, 2.45) is 5.73 Å². The van der Waals surface area contributed by atoms with Crippen LogP contribution in [0.1, 0.15) is 10.4 Å². The fraction of sp³-hybridized carbons (Fsp3) is 0.0526. The molecule has 1 aromatic carbocycles. The number of pyridine rings is 2. The maximum absolute atomic E-state index is 12.1. The van der Waals surface area contributed by atoms with Crippen molar-refractivity contribution < 1.29 is 14.3 Å². The van der Waals surface area contributed by atoms with E-state index in [4.69, 9.17) is 10.5 Å². The molecule has 0 radical (unpaired) electrons. The summed E-state index contributed by atoms with van der Waals surface area (Å²) in [6.45, 7) is -0.129. The molecule has 2 heterocycles. The number of halogens is 1. The largest absolute Gasteiger partial charge is 0.439 e. The lowest BCUT2D eigenvalue weighted by molar-refractivity contribution is -0.116. The van der Waals surface area contributed by atoms with Gasteiger partial charge in [0.2, 0.25) is 17.7 Å². The van der Waals surface area contributed by atoms with Gasteiger partial charge < -0.3 is 20.4 Å². The summed E-state index contributed by atoms with van der Waals surface area (Å²) in [5.41, 5.74) is 5.74. The molecule has 0 saturated heterocycles. The summed E-state index contributed by atoms with van der Waals surface area (Å²) < 4.78 is 7.56. The molecule has 2 amide bonds. The number of carbonyl (C=O) groups excluding carboxylic acids is 2. The van der Waals surface area contributed by atoms with Gasteiger partial charge in [-0.2, -0.15) is 0 Å². The second kappa shape index (κ2) is 8.49. The minimum absolute atomic E-state index is 0.129. The molecular formula is C19H15BrN4O4. The summed E-state index contributed by atoms with van der Waals surface area (Å²) in [7, 11) is 0. The molecule has 0 aliphatic carbocycles. The normalized spacial score (nSPS) is 10.3. The topological polar surface area (TPSA) is 116 Å². The van der Waals surface area contributed by atoms with E-state index in [0.717, 1.165) is 0 Å². The number of primary amides is 1. The van der Waals surface area contributed by atoms with Crippen molar-refractivity contribution in [1.82, 2.24) is 9.55 Å². The minimum atomic E-state index is -0.555. The highest BCUT2D eigenvalue weighted by atomic mass is 79.9. The van der Waals surface area contributed by atoms with Crippen LogP contribution in [0.15, 0.2) is 70.2 Å². The zero-order chi connectivity index (χ0) is 20.1. The van der Waals surface area contributed by atoms with Crippen LogP contribution >= 0.6 is 15.9 Å². The van der Waals surface area contributed by atoms with Crippen LogP contribution in [0, 0.1) is 0 Å². The van der Waals surface area contributed by atoms with Crippen molar-refractivity contribution in [3.05, 3.63) is 81.3 Å². The van der Waals surface area contributed by atoms with Gasteiger partial charge in [0.05, 0.1) is 11.9 Å². The Kier molecular flexibility index (Phi) is 5.85. The monoisotopic (exact) mass is 442 g/mol. The maximum atomic E-state index is 12.1. The molecule has 0 unspecified atom stereocenters. The van der Waals surface area contributed by atoms with Gasteiger partial charge >= 0.3 is 0 Å². The number of carbonyl (C=O) groups is 2. The fourth-order valence-electron chi connectivity index (χ4n) is 2.33. The SMILES string of the molecule is NC(=O)c1cccc(Oc2ccc(NC(=O)Cn3cc(Br)ccc3=O)cn2)c1. The van der Waals surface area contributed by atoms with E-state index in [1.54, 1.807) is 36.4 Å². The number of rotatable bonds is 6. The van der Waals surface area contributed by atoms with Crippen LogP contribution < -0.4 is 21.3 Å². The zero-order valence-electron chi connectivity index (χ0n) is 14.5. The van der Waals surface area contributed by atoms with Crippen LogP contribution in [-0.2, 0) is 11.3 Å². The van der Waals surface area contributed by atoms with Crippen molar-refractivity contribution in [3.63, 3.8) is 0 Å². The Morgan fingerprint density at radius 1 is 1.18 bits per heavy atom. The highest BCUT2D eigenvalue weighted by Crippen LogP contribution is 2.21. The molecule has 0 saturated carbocycles. The average Bonchev–Trinajstić information content (AvgIpc) is 2.66. The van der Waals surface area contributed by atoms with Crippen molar-refractivity contribution >= 4 is 33.4 Å². The molecule has 0 aliphatic heterocycles. The summed E-state index contributed by atoms with van der Waals surface area (Å²) in [5.74, 6) is -0.233. The Hall–Kier alpha value is -3.46. The Morgan fingerprint density at radius 2 is 2.00 bits per heavy atom. The van der Waals surface area contributed by atoms with Crippen molar-refractivity contribution in [2.45, 2.75) is 6.54 Å². The first kappa shape index (κ1) is 19.3. The molecule has 142 valence electrons. The highest BCUT2D eigenvalue weighted by Gasteiger charge is 2.07. The van der Waals surface area contributed by atoms with Gasteiger partial charge in [0, 0.05) is 28.4 Å². The molecule has 0 bridgehead atoms. The fourth-order valence-corrected chi connectivity index (χ4v) is 2.71. The number of hydrogen-bond donors (Lipinski definition) is 2. The smallest absolute Gasteiger partial charge is 0.251 e. The van der Waals surface area contributed by atoms with E-state index < -0.39 is 5.91 Å². The van der Waals surface area contributed by atoms with Crippen molar-refractivity contribution in [2.75, 3.05) is 5.32 Å². The minimum Gasteiger partial charge on any atom is -0.439 e. The number of hydrogen-bond acceptors (Lipinski definition) is 5. The Bertz CT molecular complexity index is 1080. The van der Waals surface area contributed by atoms with E-state index in [1.807, 2.05) is 0 Å². The number of nitrogens with two attached hydrogens (primary N) is 1. The van der Waals surface area contributed by atoms with Gasteiger partial charge in [-0.3, -0.25) is 14.4 Å². The van der Waals surface area contributed by atoms with Gasteiger partial charge in [-0.05, 0) is 46.3 Å². The maximum Gasteiger partial charge on any atom is 0.251 e. The first-order valence-electron chi connectivity index (χ1n) is 8.10. The van der Waals surface area contributed by atoms with Gasteiger partial charge in [-0.1, -0.05) is 6.07 Å². The van der Waals surface area contributed by atoms with Crippen LogP contribution in [0.4, 0.5) is 5.69 Å². The number of amides is 2. The van der Waals surface area contributed by atoms with E-state index in [-0.39, 0.29) is 23.9 Å². The lowest BCUT2D eigenvalue weighted by Gasteiger charge is -2.09. The molecule has 3 N–H and O–H groups in total. The standard InChI is InChI=1S/C19H15BrN4O4/c20-13-4-7-18(26)24(10-13)11-16(25)23-14-5-6-17(22-9-14)28-15-3-1-2-12(8-15)19(21)27/h1-10H,11H2,(H2,21,27)(H,23,25). The second-order valence-electron chi connectivity index (χ2n) is 5.74. The lowest BCUT2D eigenvalue weighted by atomic mass is 10.2. The van der Waals surface area contributed by atoms with Gasteiger partial charge in [0.15, 0.2) is 0 Å². The third kappa shape index (κ3) is 5.04. The zero-order valence-corrected chi connectivity index (χ0v) is 16.0. The van der Waals surface area contributed by atoms with Crippen LogP contribution in [0.2, 0.25) is 0 Å². The van der Waals surface area contributed by atoms with Crippen LogP contribution in [0.25, 0.3) is 0 Å². The summed E-state index contributed by atoms with van der Waals surface area (Å²) in [5, 5.41) is 2.66. The molecule has 3 aromatic rings. The number of nitrogens with one attached hydrogen (secondary N) is 1. The van der Waals surface area contributed by atoms with Gasteiger partial charge in [-0.15, -0.1) is 0 Å². The number of benzene rings is 1. The number of ether oxygens (including phenoxy) is 1. The Labute approximate surface area is 168 Å². The molecule has 28 heavy (non-hydrogen) atoms. The average molecular weight is 443 g/mol. The highest BCUT2D eigenvalue weighted by molar-refractivity contribution is 9.10. The first-order valence-corrected chi connectivity index (χ1v) is 8.89. The first-order chi connectivity index (χ1) is 13.4. The predicted molar refractivity (Wildman–Crippen MR) is 106 cm³/mol. The number of anilines is 1. The predicted octanol–water partition coefficient (Wildman–Crippen LogP) is 2.54. The van der Waals surface area contributed by atoms with E-state index in [9.17, 15) is 14.4 Å². The molecule has 9 heteroatoms. The molecule has 2 aromatic heterocycles. The van der Waals surface area contributed by atoms with E-state index in [0.29, 0.717) is 21.5 Å². The summed E-state index contributed by atoms with van der Waals surface area (Å²) in [6, 6.07) is 12.6. The molecule has 0 spiro atoms. The van der Waals surface area contributed by atoms with Crippen LogP contribution in [0.3, 0.4) is 0 Å². The van der Waals surface area contributed by atoms with Gasteiger partial charge in [0.1, 0.15) is 12.3 Å². The quantitative estimate of drug-likeness (QED) is 0.608. The van der Waals surface area contributed by atoms with E-state index in [2.05, 4.69) is 26.2 Å². The van der Waals surface area contributed by atoms with Gasteiger partial charge in [-0.25, -0.2) is 4.98 Å². The molecule has 0 atom stereocenters. The summed E-state index contributed by atoms with van der Waals surface area (Å²) >= 11 is 3.26. The van der Waals surface area contributed by atoms with E-state index in [1.165, 1.54) is 29.1 Å². The van der Waals surface area contributed by atoms with Gasteiger partial charge in [0.25, 0.3) is 5.56 Å². The van der Waals surface area contributed by atoms with Crippen molar-refractivity contribution in [3.8, 4) is 11.6 Å². The molecule has 0 aliphatic rings. The van der Waals surface area contributed by atoms with E-state index >= 15 is 0 Å². The lowest BCUT2D eigenvalue weighted by Crippen LogP contribution is -2.26. The number of nitrogens with zero attached hydrogens (tertiary/aromatic N) is 2. The van der Waals surface area contributed by atoms with Crippen molar-refractivity contribution in [1.29, 1.82) is 0 Å². The summed E-state index contributed by atoms with van der Waals surface area (Å²) in [6.07, 6.45) is 2.96. The third-order valence-electron chi connectivity index (χ3n) is 3.62. The molecule has 3 rings (SSSR count).